The molecule has 0 aromatic heterocycles. The van der Waals surface area contributed by atoms with Crippen LogP contribution in [0.5, 0.6) is 0 Å². The van der Waals surface area contributed by atoms with Crippen molar-refractivity contribution in [3.8, 4) is 0 Å². The standard InChI is InChI=1S/C19H17ClO/c1-13-11-16(20)9-10-17(13)19(21)12-15-7-4-6-14-5-2-3-8-18(14)15/h2-11,19,21H,12H2,1H3. The maximum atomic E-state index is 10.6. The van der Waals surface area contributed by atoms with Crippen LogP contribution in [-0.4, -0.2) is 5.11 Å². The molecule has 0 aliphatic rings. The third-order valence-corrected chi connectivity index (χ3v) is 4.12. The van der Waals surface area contributed by atoms with E-state index in [1.54, 1.807) is 0 Å². The molecule has 0 bridgehead atoms. The lowest BCUT2D eigenvalue weighted by molar-refractivity contribution is 0.178. The monoisotopic (exact) mass is 296 g/mol. The van der Waals surface area contributed by atoms with Gasteiger partial charge in [-0.05, 0) is 46.5 Å². The van der Waals surface area contributed by atoms with E-state index in [1.807, 2.05) is 43.3 Å². The first-order valence-electron chi connectivity index (χ1n) is 7.06. The topological polar surface area (TPSA) is 20.2 Å². The number of fused-ring (bicyclic) bond motifs is 1. The van der Waals surface area contributed by atoms with Crippen LogP contribution in [0.15, 0.2) is 60.7 Å². The minimum Gasteiger partial charge on any atom is -0.388 e. The molecule has 3 aromatic carbocycles. The Bertz CT molecular complexity index is 774. The fraction of sp³-hybridized carbons (Fsp3) is 0.158. The zero-order valence-electron chi connectivity index (χ0n) is 11.9. The third-order valence-electron chi connectivity index (χ3n) is 3.88. The van der Waals surface area contributed by atoms with Crippen molar-refractivity contribution >= 4 is 22.4 Å². The van der Waals surface area contributed by atoms with Gasteiger partial charge in [0, 0.05) is 11.4 Å². The molecule has 0 saturated carbocycles. The van der Waals surface area contributed by atoms with E-state index in [1.165, 1.54) is 10.8 Å². The Morgan fingerprint density at radius 1 is 1.00 bits per heavy atom. The van der Waals surface area contributed by atoms with E-state index in [9.17, 15) is 5.11 Å². The molecular weight excluding hydrogens is 280 g/mol. The van der Waals surface area contributed by atoms with Gasteiger partial charge < -0.3 is 5.11 Å². The van der Waals surface area contributed by atoms with Crippen molar-refractivity contribution in [1.29, 1.82) is 0 Å². The van der Waals surface area contributed by atoms with Gasteiger partial charge in [-0.3, -0.25) is 0 Å². The van der Waals surface area contributed by atoms with Gasteiger partial charge in [0.2, 0.25) is 0 Å². The summed E-state index contributed by atoms with van der Waals surface area (Å²) in [5, 5.41) is 13.7. The third kappa shape index (κ3) is 2.94. The van der Waals surface area contributed by atoms with Crippen molar-refractivity contribution < 1.29 is 5.11 Å². The molecular formula is C19H17ClO. The van der Waals surface area contributed by atoms with E-state index >= 15 is 0 Å². The Morgan fingerprint density at radius 3 is 2.57 bits per heavy atom. The Balaban J connectivity index is 1.94. The average molecular weight is 297 g/mol. The van der Waals surface area contributed by atoms with Crippen LogP contribution < -0.4 is 0 Å². The molecule has 1 unspecified atom stereocenters. The summed E-state index contributed by atoms with van der Waals surface area (Å²) in [7, 11) is 0. The average Bonchev–Trinajstić information content (AvgIpc) is 2.47. The summed E-state index contributed by atoms with van der Waals surface area (Å²) in [6.45, 7) is 1.98. The smallest absolute Gasteiger partial charge is 0.0833 e. The second-order valence-electron chi connectivity index (χ2n) is 5.36. The molecule has 106 valence electrons. The summed E-state index contributed by atoms with van der Waals surface area (Å²) in [5.41, 5.74) is 3.12. The van der Waals surface area contributed by atoms with Crippen LogP contribution in [0.25, 0.3) is 10.8 Å². The lowest BCUT2D eigenvalue weighted by Crippen LogP contribution is -2.04. The fourth-order valence-corrected chi connectivity index (χ4v) is 3.03. The van der Waals surface area contributed by atoms with Gasteiger partial charge in [0.15, 0.2) is 0 Å². The first-order chi connectivity index (χ1) is 10.1. The number of aliphatic hydroxyl groups is 1. The number of aryl methyl sites for hydroxylation is 1. The molecule has 0 aliphatic carbocycles. The summed E-state index contributed by atoms with van der Waals surface area (Å²) < 4.78 is 0. The van der Waals surface area contributed by atoms with Gasteiger partial charge in [0.05, 0.1) is 6.10 Å². The molecule has 0 radical (unpaired) electrons. The van der Waals surface area contributed by atoms with E-state index in [4.69, 9.17) is 11.6 Å². The molecule has 2 heteroatoms. The Morgan fingerprint density at radius 2 is 1.76 bits per heavy atom. The molecule has 3 rings (SSSR count). The zero-order chi connectivity index (χ0) is 14.8. The minimum atomic E-state index is -0.520. The van der Waals surface area contributed by atoms with Crippen LogP contribution in [0.3, 0.4) is 0 Å². The highest BCUT2D eigenvalue weighted by atomic mass is 35.5. The molecule has 1 N–H and O–H groups in total. The first-order valence-corrected chi connectivity index (χ1v) is 7.44. The van der Waals surface area contributed by atoms with Crippen molar-refractivity contribution in [3.63, 3.8) is 0 Å². The number of benzene rings is 3. The molecule has 0 heterocycles. The van der Waals surface area contributed by atoms with E-state index < -0.39 is 6.10 Å². The maximum absolute atomic E-state index is 10.6. The van der Waals surface area contributed by atoms with Gasteiger partial charge >= 0.3 is 0 Å². The number of hydrogen-bond acceptors (Lipinski definition) is 1. The van der Waals surface area contributed by atoms with Gasteiger partial charge in [0.1, 0.15) is 0 Å². The molecule has 0 saturated heterocycles. The van der Waals surface area contributed by atoms with E-state index in [-0.39, 0.29) is 0 Å². The Labute approximate surface area is 129 Å². The molecule has 1 atom stereocenters. The van der Waals surface area contributed by atoms with Crippen LogP contribution in [0.2, 0.25) is 5.02 Å². The SMILES string of the molecule is Cc1cc(Cl)ccc1C(O)Cc1cccc2ccccc12. The first kappa shape index (κ1) is 14.1. The van der Waals surface area contributed by atoms with Crippen LogP contribution >= 0.6 is 11.6 Å². The lowest BCUT2D eigenvalue weighted by Gasteiger charge is -2.15. The molecule has 0 spiro atoms. The highest BCUT2D eigenvalue weighted by molar-refractivity contribution is 6.30. The van der Waals surface area contributed by atoms with Crippen molar-refractivity contribution in [2.45, 2.75) is 19.4 Å². The van der Waals surface area contributed by atoms with Crippen molar-refractivity contribution in [3.05, 3.63) is 82.4 Å². The van der Waals surface area contributed by atoms with Gasteiger partial charge in [-0.2, -0.15) is 0 Å². The molecule has 0 fully saturated rings. The second kappa shape index (κ2) is 5.88. The zero-order valence-corrected chi connectivity index (χ0v) is 12.6. The summed E-state index contributed by atoms with van der Waals surface area (Å²) in [4.78, 5) is 0. The van der Waals surface area contributed by atoms with Crippen molar-refractivity contribution in [1.82, 2.24) is 0 Å². The van der Waals surface area contributed by atoms with Gasteiger partial charge in [-0.1, -0.05) is 60.1 Å². The predicted molar refractivity (Wildman–Crippen MR) is 88.8 cm³/mol. The summed E-state index contributed by atoms with van der Waals surface area (Å²) >= 11 is 5.98. The minimum absolute atomic E-state index is 0.520. The number of halogens is 1. The van der Waals surface area contributed by atoms with Gasteiger partial charge in [-0.15, -0.1) is 0 Å². The van der Waals surface area contributed by atoms with Crippen LogP contribution in [0, 0.1) is 6.92 Å². The Kier molecular flexibility index (Phi) is 3.96. The normalized spacial score (nSPS) is 12.5. The lowest BCUT2D eigenvalue weighted by atomic mass is 9.95. The van der Waals surface area contributed by atoms with E-state index in [0.717, 1.165) is 16.7 Å². The number of aliphatic hydroxyl groups excluding tert-OH is 1. The highest BCUT2D eigenvalue weighted by Crippen LogP contribution is 2.27. The van der Waals surface area contributed by atoms with Gasteiger partial charge in [-0.25, -0.2) is 0 Å². The van der Waals surface area contributed by atoms with Crippen LogP contribution in [-0.2, 0) is 6.42 Å². The molecule has 0 aliphatic heterocycles. The van der Waals surface area contributed by atoms with E-state index in [2.05, 4.69) is 24.3 Å². The fourth-order valence-electron chi connectivity index (χ4n) is 2.80. The predicted octanol–water partition coefficient (Wildman–Crippen LogP) is 5.08. The largest absolute Gasteiger partial charge is 0.388 e. The van der Waals surface area contributed by atoms with E-state index in [0.29, 0.717) is 11.4 Å². The van der Waals surface area contributed by atoms with Crippen molar-refractivity contribution in [2.75, 3.05) is 0 Å². The molecule has 1 nitrogen and oxygen atoms in total. The maximum Gasteiger partial charge on any atom is 0.0833 e. The number of hydrogen-bond donors (Lipinski definition) is 1. The van der Waals surface area contributed by atoms with Crippen molar-refractivity contribution in [2.24, 2.45) is 0 Å². The summed E-state index contributed by atoms with van der Waals surface area (Å²) in [6, 6.07) is 20.1. The van der Waals surface area contributed by atoms with Gasteiger partial charge in [0.25, 0.3) is 0 Å². The quantitative estimate of drug-likeness (QED) is 0.715. The molecule has 21 heavy (non-hydrogen) atoms. The highest BCUT2D eigenvalue weighted by Gasteiger charge is 2.13. The van der Waals surface area contributed by atoms with Crippen LogP contribution in [0.4, 0.5) is 0 Å². The molecule has 0 amide bonds. The summed E-state index contributed by atoms with van der Waals surface area (Å²) in [5.74, 6) is 0. The molecule has 3 aromatic rings. The summed E-state index contributed by atoms with van der Waals surface area (Å²) in [6.07, 6.45) is 0.0807. The van der Waals surface area contributed by atoms with Crippen LogP contribution in [0.1, 0.15) is 22.8 Å². The second-order valence-corrected chi connectivity index (χ2v) is 5.80. The number of rotatable bonds is 3. The Hall–Kier alpha value is -1.83.